The molecule has 3 heterocycles. The zero-order valence-corrected chi connectivity index (χ0v) is 13.2. The first-order valence-electron chi connectivity index (χ1n) is 8.28. The van der Waals surface area contributed by atoms with E-state index in [1.165, 1.54) is 0 Å². The van der Waals surface area contributed by atoms with Crippen LogP contribution in [-0.2, 0) is 14.3 Å². The van der Waals surface area contributed by atoms with Crippen LogP contribution in [0.2, 0.25) is 0 Å². The van der Waals surface area contributed by atoms with Gasteiger partial charge in [0.15, 0.2) is 0 Å². The van der Waals surface area contributed by atoms with Crippen molar-refractivity contribution >= 4 is 17.6 Å². The SMILES string of the molecule is O=C([O-])[C@@H]1[C@@H](C(=O)N2CCN(c3ccccc3)CC2)[C@@H]2C=C[C@H]1O2. The first-order chi connectivity index (χ1) is 11.6. The third-order valence-corrected chi connectivity index (χ3v) is 5.17. The molecular formula is C18H19N2O4-. The molecule has 2 saturated heterocycles. The number of para-hydroxylation sites is 1. The van der Waals surface area contributed by atoms with Gasteiger partial charge < -0.3 is 24.4 Å². The van der Waals surface area contributed by atoms with E-state index in [9.17, 15) is 14.7 Å². The van der Waals surface area contributed by atoms with E-state index in [1.807, 2.05) is 18.2 Å². The number of carbonyl (C=O) groups is 2. The van der Waals surface area contributed by atoms with Crippen LogP contribution >= 0.6 is 0 Å². The van der Waals surface area contributed by atoms with Gasteiger partial charge in [0.05, 0.1) is 18.1 Å². The van der Waals surface area contributed by atoms with Crippen molar-refractivity contribution in [3.05, 3.63) is 42.5 Å². The molecular weight excluding hydrogens is 308 g/mol. The topological polar surface area (TPSA) is 72.9 Å². The van der Waals surface area contributed by atoms with Crippen LogP contribution in [0.25, 0.3) is 0 Å². The number of aliphatic carboxylic acids is 1. The minimum atomic E-state index is -1.20. The molecule has 0 radical (unpaired) electrons. The second kappa shape index (κ2) is 5.94. The highest BCUT2D eigenvalue weighted by atomic mass is 16.5. The number of hydrogen-bond donors (Lipinski definition) is 0. The molecule has 0 aliphatic carbocycles. The van der Waals surface area contributed by atoms with E-state index < -0.39 is 30.0 Å². The number of ether oxygens (including phenoxy) is 1. The molecule has 6 nitrogen and oxygen atoms in total. The van der Waals surface area contributed by atoms with Gasteiger partial charge in [0.1, 0.15) is 0 Å². The number of piperazine rings is 1. The fourth-order valence-electron chi connectivity index (χ4n) is 3.92. The lowest BCUT2D eigenvalue weighted by Gasteiger charge is -2.38. The van der Waals surface area contributed by atoms with Crippen molar-refractivity contribution in [1.29, 1.82) is 0 Å². The maximum atomic E-state index is 12.9. The third-order valence-electron chi connectivity index (χ3n) is 5.17. The number of rotatable bonds is 3. The minimum absolute atomic E-state index is 0.131. The molecule has 3 aliphatic heterocycles. The molecule has 2 bridgehead atoms. The van der Waals surface area contributed by atoms with Gasteiger partial charge in [0, 0.05) is 43.8 Å². The van der Waals surface area contributed by atoms with Crippen LogP contribution in [0.15, 0.2) is 42.5 Å². The van der Waals surface area contributed by atoms with Gasteiger partial charge in [0.2, 0.25) is 5.91 Å². The first-order valence-corrected chi connectivity index (χ1v) is 8.28. The Morgan fingerprint density at radius 1 is 0.958 bits per heavy atom. The van der Waals surface area contributed by atoms with E-state index in [0.717, 1.165) is 18.8 Å². The van der Waals surface area contributed by atoms with Gasteiger partial charge >= 0.3 is 0 Å². The highest BCUT2D eigenvalue weighted by Crippen LogP contribution is 2.40. The number of nitrogens with zero attached hydrogens (tertiary/aromatic N) is 2. The molecule has 4 rings (SSSR count). The Hall–Kier alpha value is -2.34. The number of benzene rings is 1. The fourth-order valence-corrected chi connectivity index (χ4v) is 3.92. The fraction of sp³-hybridized carbons (Fsp3) is 0.444. The molecule has 0 unspecified atom stereocenters. The summed E-state index contributed by atoms with van der Waals surface area (Å²) in [6.07, 6.45) is 2.56. The van der Waals surface area contributed by atoms with Gasteiger partial charge in [-0.2, -0.15) is 0 Å². The van der Waals surface area contributed by atoms with Crippen molar-refractivity contribution in [3.8, 4) is 0 Å². The molecule has 2 fully saturated rings. The van der Waals surface area contributed by atoms with Crippen molar-refractivity contribution in [2.75, 3.05) is 31.1 Å². The maximum Gasteiger partial charge on any atom is 0.229 e. The standard InChI is InChI=1S/C18H20N2O4/c21-17(15-13-6-7-14(24-13)16(15)18(22)23)20-10-8-19(9-11-20)12-4-2-1-3-5-12/h1-7,13-16H,8-11H2,(H,22,23)/p-1/t13-,14+,15-,16-/m0/s1. The molecule has 0 aromatic heterocycles. The van der Waals surface area contributed by atoms with Crippen LogP contribution in [0.1, 0.15) is 0 Å². The molecule has 1 amide bonds. The normalized spacial score (nSPS) is 31.5. The van der Waals surface area contributed by atoms with Crippen molar-refractivity contribution < 1.29 is 19.4 Å². The predicted molar refractivity (Wildman–Crippen MR) is 85.0 cm³/mol. The summed E-state index contributed by atoms with van der Waals surface area (Å²) in [6.45, 7) is 2.66. The minimum Gasteiger partial charge on any atom is -0.550 e. The van der Waals surface area contributed by atoms with Crippen LogP contribution in [0.5, 0.6) is 0 Å². The summed E-state index contributed by atoms with van der Waals surface area (Å²) in [5.74, 6) is -2.87. The van der Waals surface area contributed by atoms with Crippen molar-refractivity contribution in [3.63, 3.8) is 0 Å². The van der Waals surface area contributed by atoms with Crippen LogP contribution in [-0.4, -0.2) is 55.2 Å². The van der Waals surface area contributed by atoms with Gasteiger partial charge in [-0.1, -0.05) is 30.4 Å². The molecule has 4 atom stereocenters. The lowest BCUT2D eigenvalue weighted by Crippen LogP contribution is -2.54. The van der Waals surface area contributed by atoms with Crippen LogP contribution in [0, 0.1) is 11.8 Å². The summed E-state index contributed by atoms with van der Waals surface area (Å²) < 4.78 is 5.57. The summed E-state index contributed by atoms with van der Waals surface area (Å²) >= 11 is 0. The van der Waals surface area contributed by atoms with Crippen LogP contribution < -0.4 is 10.0 Å². The Kier molecular flexibility index (Phi) is 3.76. The monoisotopic (exact) mass is 327 g/mol. The van der Waals surface area contributed by atoms with Gasteiger partial charge in [-0.05, 0) is 12.1 Å². The van der Waals surface area contributed by atoms with E-state index in [0.29, 0.717) is 13.1 Å². The summed E-state index contributed by atoms with van der Waals surface area (Å²) in [6, 6.07) is 10.1. The summed E-state index contributed by atoms with van der Waals surface area (Å²) in [5.41, 5.74) is 1.14. The number of carboxylic acid groups (broad SMARTS) is 1. The van der Waals surface area contributed by atoms with Crippen molar-refractivity contribution in [1.82, 2.24) is 4.90 Å². The van der Waals surface area contributed by atoms with Gasteiger partial charge in [-0.15, -0.1) is 0 Å². The number of amides is 1. The smallest absolute Gasteiger partial charge is 0.229 e. The summed E-state index contributed by atoms with van der Waals surface area (Å²) in [4.78, 5) is 28.3. The lowest BCUT2D eigenvalue weighted by atomic mass is 9.82. The summed E-state index contributed by atoms with van der Waals surface area (Å²) in [7, 11) is 0. The predicted octanol–water partition coefficient (Wildman–Crippen LogP) is -0.345. The van der Waals surface area contributed by atoms with Crippen molar-refractivity contribution in [2.24, 2.45) is 11.8 Å². The maximum absolute atomic E-state index is 12.9. The third kappa shape index (κ3) is 2.47. The molecule has 0 N–H and O–H groups in total. The highest BCUT2D eigenvalue weighted by Gasteiger charge is 2.51. The van der Waals surface area contributed by atoms with E-state index >= 15 is 0 Å². The van der Waals surface area contributed by atoms with Gasteiger partial charge in [0.25, 0.3) is 0 Å². The Bertz CT molecular complexity index is 667. The highest BCUT2D eigenvalue weighted by molar-refractivity contribution is 5.87. The van der Waals surface area contributed by atoms with Crippen molar-refractivity contribution in [2.45, 2.75) is 12.2 Å². The molecule has 0 spiro atoms. The van der Waals surface area contributed by atoms with Gasteiger partial charge in [-0.25, -0.2) is 0 Å². The molecule has 1 aromatic rings. The van der Waals surface area contributed by atoms with E-state index in [-0.39, 0.29) is 5.91 Å². The van der Waals surface area contributed by atoms with E-state index in [4.69, 9.17) is 4.74 Å². The van der Waals surface area contributed by atoms with Crippen LogP contribution in [0.4, 0.5) is 5.69 Å². The van der Waals surface area contributed by atoms with Crippen LogP contribution in [0.3, 0.4) is 0 Å². The number of carboxylic acids is 1. The van der Waals surface area contributed by atoms with E-state index in [2.05, 4.69) is 17.0 Å². The average Bonchev–Trinajstić information content (AvgIpc) is 3.23. The number of hydrogen-bond acceptors (Lipinski definition) is 5. The Balaban J connectivity index is 1.43. The molecule has 0 saturated carbocycles. The second-order valence-corrected chi connectivity index (χ2v) is 6.47. The average molecular weight is 327 g/mol. The molecule has 126 valence electrons. The molecule has 24 heavy (non-hydrogen) atoms. The zero-order valence-electron chi connectivity index (χ0n) is 13.2. The quantitative estimate of drug-likeness (QED) is 0.710. The largest absolute Gasteiger partial charge is 0.550 e. The molecule has 3 aliphatic rings. The molecule has 6 heteroatoms. The number of carbonyl (C=O) groups excluding carboxylic acids is 2. The molecule has 1 aromatic carbocycles. The lowest BCUT2D eigenvalue weighted by molar-refractivity contribution is -0.313. The Labute approximate surface area is 140 Å². The number of anilines is 1. The number of fused-ring (bicyclic) bond motifs is 2. The second-order valence-electron chi connectivity index (χ2n) is 6.47. The Morgan fingerprint density at radius 2 is 1.58 bits per heavy atom. The Morgan fingerprint density at radius 3 is 2.21 bits per heavy atom. The summed E-state index contributed by atoms with van der Waals surface area (Å²) in [5, 5.41) is 11.4. The first kappa shape index (κ1) is 15.2. The van der Waals surface area contributed by atoms with Gasteiger partial charge in [-0.3, -0.25) is 4.79 Å². The van der Waals surface area contributed by atoms with E-state index in [1.54, 1.807) is 17.1 Å². The zero-order chi connectivity index (χ0) is 16.7.